The fourth-order valence-corrected chi connectivity index (χ4v) is 2.20. The molecule has 0 aliphatic heterocycles. The first-order valence-corrected chi connectivity index (χ1v) is 6.86. The van der Waals surface area contributed by atoms with Gasteiger partial charge in [-0.1, -0.05) is 29.8 Å². The summed E-state index contributed by atoms with van der Waals surface area (Å²) in [6.07, 6.45) is 0. The van der Waals surface area contributed by atoms with Gasteiger partial charge in [0, 0.05) is 5.56 Å². The second kappa shape index (κ2) is 5.40. The molecule has 1 N–H and O–H groups in total. The molecule has 0 spiro atoms. The molecule has 3 aromatic rings. The molecule has 21 heavy (non-hydrogen) atoms. The standard InChI is InChI=1S/C17H16N2O2/c1-11-6-5-7-13(10-11)16(20)18-12(2)17-19-14-8-3-4-9-15(14)21-17/h3-10,12H,1-2H3,(H,18,20). The summed E-state index contributed by atoms with van der Waals surface area (Å²) in [4.78, 5) is 16.6. The van der Waals surface area contributed by atoms with Crippen LogP contribution >= 0.6 is 0 Å². The van der Waals surface area contributed by atoms with Gasteiger partial charge in [-0.25, -0.2) is 4.98 Å². The molecule has 1 amide bonds. The van der Waals surface area contributed by atoms with E-state index in [9.17, 15) is 4.79 Å². The van der Waals surface area contributed by atoms with E-state index in [0.717, 1.165) is 16.7 Å². The Kier molecular flexibility index (Phi) is 3.44. The minimum atomic E-state index is -0.287. The van der Waals surface area contributed by atoms with E-state index in [1.165, 1.54) is 0 Å². The Balaban J connectivity index is 1.79. The summed E-state index contributed by atoms with van der Waals surface area (Å²) in [5.41, 5.74) is 3.21. The number of aromatic nitrogens is 1. The highest BCUT2D eigenvalue weighted by Crippen LogP contribution is 2.20. The zero-order valence-corrected chi connectivity index (χ0v) is 12.0. The maximum atomic E-state index is 12.2. The van der Waals surface area contributed by atoms with Crippen LogP contribution < -0.4 is 5.32 Å². The highest BCUT2D eigenvalue weighted by atomic mass is 16.3. The lowest BCUT2D eigenvalue weighted by Gasteiger charge is -2.10. The average Bonchev–Trinajstić information content (AvgIpc) is 2.91. The largest absolute Gasteiger partial charge is 0.438 e. The van der Waals surface area contributed by atoms with Crippen molar-refractivity contribution >= 4 is 17.0 Å². The van der Waals surface area contributed by atoms with Gasteiger partial charge in [0.15, 0.2) is 5.58 Å². The number of carbonyl (C=O) groups is 1. The molecule has 106 valence electrons. The smallest absolute Gasteiger partial charge is 0.251 e. The number of benzene rings is 2. The number of oxazole rings is 1. The number of aryl methyl sites for hydroxylation is 1. The van der Waals surface area contributed by atoms with E-state index >= 15 is 0 Å². The third-order valence-electron chi connectivity index (χ3n) is 3.31. The molecular weight excluding hydrogens is 264 g/mol. The van der Waals surface area contributed by atoms with Gasteiger partial charge in [-0.15, -0.1) is 0 Å². The molecule has 0 saturated heterocycles. The molecule has 3 rings (SSSR count). The highest BCUT2D eigenvalue weighted by molar-refractivity contribution is 5.94. The number of rotatable bonds is 3. The molecule has 2 aromatic carbocycles. The van der Waals surface area contributed by atoms with Gasteiger partial charge in [-0.2, -0.15) is 0 Å². The van der Waals surface area contributed by atoms with Crippen LogP contribution in [0.3, 0.4) is 0 Å². The van der Waals surface area contributed by atoms with Crippen molar-refractivity contribution in [3.63, 3.8) is 0 Å². The zero-order valence-electron chi connectivity index (χ0n) is 12.0. The lowest BCUT2D eigenvalue weighted by molar-refractivity contribution is 0.0934. The fraction of sp³-hybridized carbons (Fsp3) is 0.176. The van der Waals surface area contributed by atoms with E-state index in [-0.39, 0.29) is 11.9 Å². The Labute approximate surface area is 122 Å². The molecule has 1 atom stereocenters. The van der Waals surface area contributed by atoms with Gasteiger partial charge in [0.25, 0.3) is 5.91 Å². The minimum absolute atomic E-state index is 0.131. The minimum Gasteiger partial charge on any atom is -0.438 e. The number of amides is 1. The normalized spacial score (nSPS) is 12.3. The van der Waals surface area contributed by atoms with E-state index < -0.39 is 0 Å². The lowest BCUT2D eigenvalue weighted by atomic mass is 10.1. The Hall–Kier alpha value is -2.62. The van der Waals surface area contributed by atoms with Gasteiger partial charge in [0.2, 0.25) is 5.89 Å². The highest BCUT2D eigenvalue weighted by Gasteiger charge is 2.16. The molecular formula is C17H16N2O2. The number of hydrogen-bond acceptors (Lipinski definition) is 3. The molecule has 0 aliphatic carbocycles. The SMILES string of the molecule is Cc1cccc(C(=O)NC(C)c2nc3ccccc3o2)c1. The molecule has 4 heteroatoms. The summed E-state index contributed by atoms with van der Waals surface area (Å²) in [6, 6.07) is 14.7. The summed E-state index contributed by atoms with van der Waals surface area (Å²) in [6.45, 7) is 3.82. The van der Waals surface area contributed by atoms with E-state index in [2.05, 4.69) is 10.3 Å². The molecule has 4 nitrogen and oxygen atoms in total. The van der Waals surface area contributed by atoms with Gasteiger partial charge in [0.1, 0.15) is 11.6 Å². The number of nitrogens with zero attached hydrogens (tertiary/aromatic N) is 1. The predicted molar refractivity (Wildman–Crippen MR) is 81.1 cm³/mol. The van der Waals surface area contributed by atoms with Crippen molar-refractivity contribution in [3.05, 3.63) is 65.5 Å². The van der Waals surface area contributed by atoms with Crippen LogP contribution in [0.5, 0.6) is 0 Å². The number of para-hydroxylation sites is 2. The quantitative estimate of drug-likeness (QED) is 0.797. The number of carbonyl (C=O) groups excluding carboxylic acids is 1. The van der Waals surface area contributed by atoms with E-state index in [1.54, 1.807) is 6.07 Å². The van der Waals surface area contributed by atoms with Crippen molar-refractivity contribution in [1.82, 2.24) is 10.3 Å². The van der Waals surface area contributed by atoms with Crippen LogP contribution in [0, 0.1) is 6.92 Å². The summed E-state index contributed by atoms with van der Waals surface area (Å²) in [7, 11) is 0. The van der Waals surface area contributed by atoms with Crippen molar-refractivity contribution in [2.75, 3.05) is 0 Å². The van der Waals surface area contributed by atoms with Gasteiger partial charge < -0.3 is 9.73 Å². The summed E-state index contributed by atoms with van der Waals surface area (Å²) < 4.78 is 5.66. The number of nitrogens with one attached hydrogen (secondary N) is 1. The first-order chi connectivity index (χ1) is 10.1. The summed E-state index contributed by atoms with van der Waals surface area (Å²) >= 11 is 0. The lowest BCUT2D eigenvalue weighted by Crippen LogP contribution is -2.26. The summed E-state index contributed by atoms with van der Waals surface area (Å²) in [5, 5.41) is 2.91. The third-order valence-corrected chi connectivity index (χ3v) is 3.31. The molecule has 1 heterocycles. The second-order valence-electron chi connectivity index (χ2n) is 5.08. The Morgan fingerprint density at radius 3 is 2.76 bits per heavy atom. The number of hydrogen-bond donors (Lipinski definition) is 1. The molecule has 0 saturated carbocycles. The predicted octanol–water partition coefficient (Wildman–Crippen LogP) is 3.63. The van der Waals surface area contributed by atoms with Gasteiger partial charge >= 0.3 is 0 Å². The Morgan fingerprint density at radius 1 is 1.19 bits per heavy atom. The van der Waals surface area contributed by atoms with Crippen LogP contribution in [0.15, 0.2) is 52.9 Å². The topological polar surface area (TPSA) is 55.1 Å². The van der Waals surface area contributed by atoms with Gasteiger partial charge in [0.05, 0.1) is 0 Å². The third kappa shape index (κ3) is 2.79. The average molecular weight is 280 g/mol. The Morgan fingerprint density at radius 2 is 2.00 bits per heavy atom. The van der Waals surface area contributed by atoms with Crippen molar-refractivity contribution < 1.29 is 9.21 Å². The van der Waals surface area contributed by atoms with Crippen LogP contribution in [0.25, 0.3) is 11.1 Å². The molecule has 0 aliphatic rings. The molecule has 0 radical (unpaired) electrons. The zero-order chi connectivity index (χ0) is 14.8. The van der Waals surface area contributed by atoms with Crippen LogP contribution in [-0.4, -0.2) is 10.9 Å². The van der Waals surface area contributed by atoms with Crippen molar-refractivity contribution in [2.45, 2.75) is 19.9 Å². The first kappa shape index (κ1) is 13.4. The molecule has 0 fully saturated rings. The molecule has 0 bridgehead atoms. The van der Waals surface area contributed by atoms with Crippen molar-refractivity contribution in [1.29, 1.82) is 0 Å². The summed E-state index contributed by atoms with van der Waals surface area (Å²) in [5.74, 6) is 0.380. The maximum absolute atomic E-state index is 12.2. The van der Waals surface area contributed by atoms with E-state index in [0.29, 0.717) is 11.5 Å². The first-order valence-electron chi connectivity index (χ1n) is 6.86. The van der Waals surface area contributed by atoms with Gasteiger partial charge in [-0.3, -0.25) is 4.79 Å². The molecule has 1 unspecified atom stereocenters. The van der Waals surface area contributed by atoms with Crippen LogP contribution in [-0.2, 0) is 0 Å². The Bertz CT molecular complexity index is 759. The maximum Gasteiger partial charge on any atom is 0.251 e. The van der Waals surface area contributed by atoms with Crippen molar-refractivity contribution in [3.8, 4) is 0 Å². The van der Waals surface area contributed by atoms with Crippen molar-refractivity contribution in [2.24, 2.45) is 0 Å². The molecule has 1 aromatic heterocycles. The van der Waals surface area contributed by atoms with Gasteiger partial charge in [-0.05, 0) is 38.1 Å². The second-order valence-corrected chi connectivity index (χ2v) is 5.08. The van der Waals surface area contributed by atoms with E-state index in [1.807, 2.05) is 56.3 Å². The number of fused-ring (bicyclic) bond motifs is 1. The monoisotopic (exact) mass is 280 g/mol. The van der Waals surface area contributed by atoms with Crippen LogP contribution in [0.4, 0.5) is 0 Å². The van der Waals surface area contributed by atoms with E-state index in [4.69, 9.17) is 4.42 Å². The van der Waals surface area contributed by atoms with Crippen LogP contribution in [0.1, 0.15) is 34.8 Å². The fourth-order valence-electron chi connectivity index (χ4n) is 2.20. The van der Waals surface area contributed by atoms with Crippen LogP contribution in [0.2, 0.25) is 0 Å².